The number of carbonyl (C=O) groups is 1. The molecule has 8 heteroatoms. The number of methoxy groups -OCH3 is 1. The van der Waals surface area contributed by atoms with Gasteiger partial charge in [-0.05, 0) is 48.0 Å². The van der Waals surface area contributed by atoms with Gasteiger partial charge in [-0.3, -0.25) is 0 Å². The van der Waals surface area contributed by atoms with E-state index in [9.17, 15) is 18.0 Å². The van der Waals surface area contributed by atoms with Crippen LogP contribution in [0, 0.1) is 0 Å². The highest BCUT2D eigenvalue weighted by atomic mass is 19.4. The molecule has 0 aromatic heterocycles. The van der Waals surface area contributed by atoms with Crippen LogP contribution in [0.5, 0.6) is 11.5 Å². The van der Waals surface area contributed by atoms with Crippen LogP contribution in [-0.2, 0) is 9.53 Å². The SMILES string of the molecule is COc1ccc(C2=N/C(=C\c3ccc(OC(F)(F)F)cc3)C(=O)O2)cc1. The zero-order valence-electron chi connectivity index (χ0n) is 13.4. The van der Waals surface area contributed by atoms with Gasteiger partial charge in [-0.15, -0.1) is 13.2 Å². The van der Waals surface area contributed by atoms with Crippen LogP contribution in [0.2, 0.25) is 0 Å². The largest absolute Gasteiger partial charge is 0.573 e. The van der Waals surface area contributed by atoms with Crippen LogP contribution >= 0.6 is 0 Å². The van der Waals surface area contributed by atoms with E-state index in [1.54, 1.807) is 24.3 Å². The van der Waals surface area contributed by atoms with Gasteiger partial charge in [0, 0.05) is 5.56 Å². The molecule has 26 heavy (non-hydrogen) atoms. The van der Waals surface area contributed by atoms with Gasteiger partial charge in [0.2, 0.25) is 5.90 Å². The molecule has 0 amide bonds. The van der Waals surface area contributed by atoms with Crippen molar-refractivity contribution in [3.8, 4) is 11.5 Å². The predicted octanol–water partition coefficient (Wildman–Crippen LogP) is 3.94. The summed E-state index contributed by atoms with van der Waals surface area (Å²) in [4.78, 5) is 16.1. The summed E-state index contributed by atoms with van der Waals surface area (Å²) in [6.07, 6.45) is -3.34. The number of hydrogen-bond acceptors (Lipinski definition) is 5. The number of nitrogens with zero attached hydrogens (tertiary/aromatic N) is 1. The molecule has 1 aliphatic rings. The lowest BCUT2D eigenvalue weighted by molar-refractivity contribution is -0.274. The molecule has 0 saturated carbocycles. The fourth-order valence-corrected chi connectivity index (χ4v) is 2.19. The lowest BCUT2D eigenvalue weighted by Gasteiger charge is -2.08. The van der Waals surface area contributed by atoms with Gasteiger partial charge in [0.25, 0.3) is 0 Å². The second-order valence-corrected chi connectivity index (χ2v) is 5.18. The number of alkyl halides is 3. The van der Waals surface area contributed by atoms with Gasteiger partial charge >= 0.3 is 12.3 Å². The van der Waals surface area contributed by atoms with E-state index in [4.69, 9.17) is 9.47 Å². The standard InChI is InChI=1S/C18H12F3NO4/c1-24-13-8-4-12(5-9-13)16-22-15(17(23)25-16)10-11-2-6-14(7-3-11)26-18(19,20)21/h2-10H,1H3/b15-10-. The van der Waals surface area contributed by atoms with Crippen LogP contribution in [0.1, 0.15) is 11.1 Å². The van der Waals surface area contributed by atoms with E-state index < -0.39 is 12.3 Å². The Hall–Kier alpha value is -3.29. The van der Waals surface area contributed by atoms with Crippen molar-refractivity contribution in [2.75, 3.05) is 7.11 Å². The summed E-state index contributed by atoms with van der Waals surface area (Å²) in [5.74, 6) is -0.209. The van der Waals surface area contributed by atoms with Crippen molar-refractivity contribution in [3.63, 3.8) is 0 Å². The second kappa shape index (κ2) is 6.91. The van der Waals surface area contributed by atoms with Gasteiger partial charge in [0.15, 0.2) is 5.70 Å². The summed E-state index contributed by atoms with van der Waals surface area (Å²) in [7, 11) is 1.54. The Morgan fingerprint density at radius 3 is 2.19 bits per heavy atom. The van der Waals surface area contributed by atoms with E-state index in [0.717, 1.165) is 12.1 Å². The maximum absolute atomic E-state index is 12.2. The van der Waals surface area contributed by atoms with Crippen molar-refractivity contribution in [2.24, 2.45) is 4.99 Å². The highest BCUT2D eigenvalue weighted by Gasteiger charge is 2.31. The molecule has 0 spiro atoms. The van der Waals surface area contributed by atoms with Gasteiger partial charge in [-0.25, -0.2) is 9.79 Å². The molecule has 5 nitrogen and oxygen atoms in total. The molecule has 1 heterocycles. The Bertz CT molecular complexity index is 869. The third-order valence-corrected chi connectivity index (χ3v) is 3.37. The van der Waals surface area contributed by atoms with Gasteiger partial charge in [-0.1, -0.05) is 12.1 Å². The molecule has 1 aliphatic heterocycles. The third kappa shape index (κ3) is 4.21. The maximum atomic E-state index is 12.2. The van der Waals surface area contributed by atoms with E-state index >= 15 is 0 Å². The molecule has 0 radical (unpaired) electrons. The molecule has 0 bridgehead atoms. The first kappa shape index (κ1) is 17.5. The number of rotatable bonds is 4. The zero-order valence-corrected chi connectivity index (χ0v) is 13.4. The molecular weight excluding hydrogens is 351 g/mol. The van der Waals surface area contributed by atoms with Gasteiger partial charge < -0.3 is 14.2 Å². The lowest BCUT2D eigenvalue weighted by Crippen LogP contribution is -2.16. The lowest BCUT2D eigenvalue weighted by atomic mass is 10.2. The van der Waals surface area contributed by atoms with Crippen LogP contribution in [0.4, 0.5) is 13.2 Å². The summed E-state index contributed by atoms with van der Waals surface area (Å²) in [6.45, 7) is 0. The average molecular weight is 363 g/mol. The Morgan fingerprint density at radius 2 is 1.62 bits per heavy atom. The minimum absolute atomic E-state index is 0.0420. The summed E-state index contributed by atoms with van der Waals surface area (Å²) in [6, 6.07) is 11.8. The molecule has 2 aromatic carbocycles. The number of benzene rings is 2. The van der Waals surface area contributed by atoms with Crippen molar-refractivity contribution >= 4 is 17.9 Å². The molecule has 134 valence electrons. The van der Waals surface area contributed by atoms with Crippen LogP contribution in [0.15, 0.2) is 59.2 Å². The first-order chi connectivity index (χ1) is 12.3. The Kier molecular flexibility index (Phi) is 4.66. The number of esters is 1. The number of cyclic esters (lactones) is 1. The predicted molar refractivity (Wildman–Crippen MR) is 86.7 cm³/mol. The minimum atomic E-state index is -4.76. The molecule has 0 unspecified atom stereocenters. The van der Waals surface area contributed by atoms with Gasteiger partial charge in [0.1, 0.15) is 11.5 Å². The van der Waals surface area contributed by atoms with E-state index in [-0.39, 0.29) is 17.3 Å². The van der Waals surface area contributed by atoms with Crippen LogP contribution in [-0.4, -0.2) is 25.3 Å². The van der Waals surface area contributed by atoms with Gasteiger partial charge in [0.05, 0.1) is 7.11 Å². The van der Waals surface area contributed by atoms with Crippen molar-refractivity contribution in [2.45, 2.75) is 6.36 Å². The highest BCUT2D eigenvalue weighted by Crippen LogP contribution is 2.25. The van der Waals surface area contributed by atoms with E-state index in [1.807, 2.05) is 0 Å². The fourth-order valence-electron chi connectivity index (χ4n) is 2.19. The summed E-state index contributed by atoms with van der Waals surface area (Å²) in [5.41, 5.74) is 1.11. The highest BCUT2D eigenvalue weighted by molar-refractivity contribution is 6.12. The third-order valence-electron chi connectivity index (χ3n) is 3.37. The Labute approximate surface area is 146 Å². The molecule has 2 aromatic rings. The van der Waals surface area contributed by atoms with Crippen LogP contribution in [0.3, 0.4) is 0 Å². The normalized spacial score (nSPS) is 15.6. The maximum Gasteiger partial charge on any atom is 0.573 e. The monoisotopic (exact) mass is 363 g/mol. The smallest absolute Gasteiger partial charge is 0.497 e. The van der Waals surface area contributed by atoms with Crippen LogP contribution < -0.4 is 9.47 Å². The average Bonchev–Trinajstić information content (AvgIpc) is 2.96. The molecule has 0 atom stereocenters. The number of hydrogen-bond donors (Lipinski definition) is 0. The molecule has 0 saturated heterocycles. The Morgan fingerprint density at radius 1 is 1.00 bits per heavy atom. The summed E-state index contributed by atoms with van der Waals surface area (Å²) >= 11 is 0. The minimum Gasteiger partial charge on any atom is -0.497 e. The number of halogens is 3. The van der Waals surface area contributed by atoms with Gasteiger partial charge in [-0.2, -0.15) is 0 Å². The van der Waals surface area contributed by atoms with Crippen molar-refractivity contribution < 1.29 is 32.2 Å². The van der Waals surface area contributed by atoms with Crippen LogP contribution in [0.25, 0.3) is 6.08 Å². The van der Waals surface area contributed by atoms with Crippen molar-refractivity contribution in [3.05, 3.63) is 65.4 Å². The second-order valence-electron chi connectivity index (χ2n) is 5.18. The first-order valence-corrected chi connectivity index (χ1v) is 7.37. The Balaban J connectivity index is 1.79. The fraction of sp³-hybridized carbons (Fsp3) is 0.111. The molecule has 0 N–H and O–H groups in total. The summed E-state index contributed by atoms with van der Waals surface area (Å²) < 4.78 is 50.4. The zero-order chi connectivity index (χ0) is 18.7. The number of ether oxygens (including phenoxy) is 3. The number of carbonyl (C=O) groups excluding carboxylic acids is 1. The molecule has 0 aliphatic carbocycles. The quantitative estimate of drug-likeness (QED) is 0.610. The van der Waals surface area contributed by atoms with Crippen molar-refractivity contribution in [1.29, 1.82) is 0 Å². The topological polar surface area (TPSA) is 57.1 Å². The molecule has 3 rings (SSSR count). The molecule has 0 fully saturated rings. The molecular formula is C18H12F3NO4. The van der Waals surface area contributed by atoms with E-state index in [2.05, 4.69) is 9.73 Å². The van der Waals surface area contributed by atoms with E-state index in [0.29, 0.717) is 16.9 Å². The van der Waals surface area contributed by atoms with E-state index in [1.165, 1.54) is 25.3 Å². The first-order valence-electron chi connectivity index (χ1n) is 7.37. The summed E-state index contributed by atoms with van der Waals surface area (Å²) in [5, 5.41) is 0. The van der Waals surface area contributed by atoms with Crippen molar-refractivity contribution in [1.82, 2.24) is 0 Å². The number of aliphatic imine (C=N–C) groups is 1.